The van der Waals surface area contributed by atoms with E-state index in [2.05, 4.69) is 17.9 Å². The van der Waals surface area contributed by atoms with Crippen LogP contribution in [-0.4, -0.2) is 48.8 Å². The van der Waals surface area contributed by atoms with Gasteiger partial charge < -0.3 is 0 Å². The zero-order valence-electron chi connectivity index (χ0n) is 14.9. The van der Waals surface area contributed by atoms with Gasteiger partial charge in [0.25, 0.3) is 0 Å². The molecule has 0 N–H and O–H groups in total. The Bertz CT molecular complexity index is 1010. The van der Waals surface area contributed by atoms with Crippen molar-refractivity contribution in [1.29, 1.82) is 0 Å². The van der Waals surface area contributed by atoms with Gasteiger partial charge in [0.2, 0.25) is 10.0 Å². The average Bonchev–Trinajstić information content (AvgIpc) is 3.12. The van der Waals surface area contributed by atoms with E-state index in [1.807, 2.05) is 18.2 Å². The molecule has 1 aromatic heterocycles. The summed E-state index contributed by atoms with van der Waals surface area (Å²) in [5.41, 5.74) is 1.02. The van der Waals surface area contributed by atoms with Gasteiger partial charge in [-0.2, -0.15) is 4.31 Å². The van der Waals surface area contributed by atoms with Crippen LogP contribution in [0.3, 0.4) is 0 Å². The Kier molecular flexibility index (Phi) is 5.22. The third kappa shape index (κ3) is 3.75. The van der Waals surface area contributed by atoms with Gasteiger partial charge in [-0.25, -0.2) is 13.4 Å². The summed E-state index contributed by atoms with van der Waals surface area (Å²) >= 11 is 7.58. The molecule has 0 bridgehead atoms. The van der Waals surface area contributed by atoms with E-state index in [4.69, 9.17) is 16.6 Å². The molecule has 3 aromatic rings. The number of benzene rings is 2. The Morgan fingerprint density at radius 3 is 2.37 bits per heavy atom. The van der Waals surface area contributed by atoms with Gasteiger partial charge in [-0.1, -0.05) is 23.7 Å². The molecule has 1 aliphatic heterocycles. The molecule has 1 fully saturated rings. The number of fused-ring (bicyclic) bond motifs is 1. The minimum absolute atomic E-state index is 0.169. The van der Waals surface area contributed by atoms with Gasteiger partial charge >= 0.3 is 0 Å². The van der Waals surface area contributed by atoms with Crippen molar-refractivity contribution in [3.63, 3.8) is 0 Å². The lowest BCUT2D eigenvalue weighted by Crippen LogP contribution is -2.49. The largest absolute Gasteiger partial charge is 0.292 e. The average molecular weight is 422 g/mol. The number of piperazine rings is 1. The molecular weight excluding hydrogens is 402 g/mol. The van der Waals surface area contributed by atoms with Crippen molar-refractivity contribution in [2.45, 2.75) is 17.9 Å². The third-order valence-electron chi connectivity index (χ3n) is 4.94. The highest BCUT2D eigenvalue weighted by atomic mass is 35.5. The van der Waals surface area contributed by atoms with Gasteiger partial charge in [-0.3, -0.25) is 4.90 Å². The van der Waals surface area contributed by atoms with Gasteiger partial charge in [0.1, 0.15) is 5.01 Å². The molecule has 1 saturated heterocycles. The monoisotopic (exact) mass is 421 g/mol. The van der Waals surface area contributed by atoms with Crippen LogP contribution in [0.15, 0.2) is 53.4 Å². The number of sulfonamides is 1. The Hall–Kier alpha value is -1.51. The lowest BCUT2D eigenvalue weighted by atomic mass is 10.2. The zero-order chi connectivity index (χ0) is 19.0. The summed E-state index contributed by atoms with van der Waals surface area (Å²) in [5.74, 6) is 0. The molecule has 5 nitrogen and oxygen atoms in total. The molecule has 142 valence electrons. The third-order valence-corrected chi connectivity index (χ3v) is 8.31. The first-order valence-electron chi connectivity index (χ1n) is 8.80. The highest BCUT2D eigenvalue weighted by Gasteiger charge is 2.31. The fraction of sp³-hybridized carbons (Fsp3) is 0.316. The lowest BCUT2D eigenvalue weighted by Gasteiger charge is -2.36. The molecule has 0 amide bonds. The van der Waals surface area contributed by atoms with Crippen LogP contribution in [0.1, 0.15) is 18.0 Å². The Labute approximate surface area is 168 Å². The molecule has 1 atom stereocenters. The van der Waals surface area contributed by atoms with E-state index in [1.54, 1.807) is 39.9 Å². The number of aromatic nitrogens is 1. The fourth-order valence-corrected chi connectivity index (χ4v) is 5.91. The molecule has 1 aliphatic rings. The van der Waals surface area contributed by atoms with E-state index in [1.165, 1.54) is 4.70 Å². The maximum absolute atomic E-state index is 12.8. The summed E-state index contributed by atoms with van der Waals surface area (Å²) in [5, 5.41) is 1.61. The maximum Gasteiger partial charge on any atom is 0.243 e. The summed E-state index contributed by atoms with van der Waals surface area (Å²) in [6, 6.07) is 14.6. The van der Waals surface area contributed by atoms with Gasteiger partial charge in [0.15, 0.2) is 0 Å². The Balaban J connectivity index is 1.45. The number of nitrogens with zero attached hydrogens (tertiary/aromatic N) is 3. The van der Waals surface area contributed by atoms with Crippen LogP contribution in [0, 0.1) is 0 Å². The lowest BCUT2D eigenvalue weighted by molar-refractivity contribution is 0.146. The molecule has 0 spiro atoms. The van der Waals surface area contributed by atoms with E-state index in [-0.39, 0.29) is 6.04 Å². The molecule has 1 unspecified atom stereocenters. The summed E-state index contributed by atoms with van der Waals surface area (Å²) < 4.78 is 28.4. The molecule has 2 heterocycles. The van der Waals surface area contributed by atoms with Crippen LogP contribution in [0.25, 0.3) is 10.2 Å². The topological polar surface area (TPSA) is 53.5 Å². The van der Waals surface area contributed by atoms with E-state index < -0.39 is 10.0 Å². The van der Waals surface area contributed by atoms with Crippen molar-refractivity contribution in [1.82, 2.24) is 14.2 Å². The Morgan fingerprint density at radius 1 is 1.04 bits per heavy atom. The fourth-order valence-electron chi connectivity index (χ4n) is 3.31. The smallest absolute Gasteiger partial charge is 0.243 e. The van der Waals surface area contributed by atoms with Crippen molar-refractivity contribution in [2.24, 2.45) is 0 Å². The minimum Gasteiger partial charge on any atom is -0.292 e. The van der Waals surface area contributed by atoms with E-state index in [0.717, 1.165) is 10.5 Å². The van der Waals surface area contributed by atoms with E-state index in [9.17, 15) is 8.42 Å². The SMILES string of the molecule is CC(c1nc2ccccc2s1)N1CCN(S(=O)(=O)c2ccc(Cl)cc2)CC1. The molecule has 0 aliphatic carbocycles. The molecular formula is C19H20ClN3O2S2. The number of hydrogen-bond donors (Lipinski definition) is 0. The van der Waals surface area contributed by atoms with Crippen LogP contribution < -0.4 is 0 Å². The normalized spacial score (nSPS) is 18.0. The summed E-state index contributed by atoms with van der Waals surface area (Å²) in [7, 11) is -3.48. The van der Waals surface area contributed by atoms with Crippen molar-refractivity contribution in [3.8, 4) is 0 Å². The summed E-state index contributed by atoms with van der Waals surface area (Å²) in [4.78, 5) is 7.33. The summed E-state index contributed by atoms with van der Waals surface area (Å²) in [6.07, 6.45) is 0. The molecule has 0 radical (unpaired) electrons. The maximum atomic E-state index is 12.8. The minimum atomic E-state index is -3.48. The van der Waals surface area contributed by atoms with Crippen LogP contribution in [0.2, 0.25) is 5.02 Å². The predicted octanol–water partition coefficient (Wildman–Crippen LogP) is 4.02. The van der Waals surface area contributed by atoms with Crippen molar-refractivity contribution >= 4 is 43.2 Å². The second-order valence-corrected chi connectivity index (χ2v) is 10.0. The first-order valence-corrected chi connectivity index (χ1v) is 11.4. The number of halogens is 1. The van der Waals surface area contributed by atoms with Crippen molar-refractivity contribution < 1.29 is 8.42 Å². The first-order chi connectivity index (χ1) is 12.9. The van der Waals surface area contributed by atoms with Gasteiger partial charge in [-0.05, 0) is 43.3 Å². The quantitative estimate of drug-likeness (QED) is 0.638. The van der Waals surface area contributed by atoms with Crippen LogP contribution >= 0.6 is 22.9 Å². The highest BCUT2D eigenvalue weighted by Crippen LogP contribution is 2.30. The van der Waals surface area contributed by atoms with E-state index in [0.29, 0.717) is 36.1 Å². The summed E-state index contributed by atoms with van der Waals surface area (Å²) in [6.45, 7) is 4.45. The zero-order valence-corrected chi connectivity index (χ0v) is 17.3. The molecule has 0 saturated carbocycles. The van der Waals surface area contributed by atoms with Gasteiger partial charge in [-0.15, -0.1) is 11.3 Å². The number of hydrogen-bond acceptors (Lipinski definition) is 5. The van der Waals surface area contributed by atoms with E-state index >= 15 is 0 Å². The molecule has 2 aromatic carbocycles. The molecule has 27 heavy (non-hydrogen) atoms. The molecule has 8 heteroatoms. The predicted molar refractivity (Wildman–Crippen MR) is 110 cm³/mol. The second-order valence-electron chi connectivity index (χ2n) is 6.59. The first kappa shape index (κ1) is 18.8. The number of rotatable bonds is 4. The highest BCUT2D eigenvalue weighted by molar-refractivity contribution is 7.89. The number of para-hydroxylation sites is 1. The second kappa shape index (κ2) is 7.48. The van der Waals surface area contributed by atoms with Crippen LogP contribution in [0.4, 0.5) is 0 Å². The Morgan fingerprint density at radius 2 is 1.70 bits per heavy atom. The van der Waals surface area contributed by atoms with Crippen LogP contribution in [0.5, 0.6) is 0 Å². The van der Waals surface area contributed by atoms with Crippen molar-refractivity contribution in [3.05, 3.63) is 58.6 Å². The van der Waals surface area contributed by atoms with Gasteiger partial charge in [0.05, 0.1) is 21.2 Å². The van der Waals surface area contributed by atoms with Crippen molar-refractivity contribution in [2.75, 3.05) is 26.2 Å². The number of thiazole rings is 1. The van der Waals surface area contributed by atoms with Gasteiger partial charge in [0, 0.05) is 31.2 Å². The van der Waals surface area contributed by atoms with Crippen LogP contribution in [-0.2, 0) is 10.0 Å². The standard InChI is InChI=1S/C19H20ClN3O2S2/c1-14(19-21-17-4-2-3-5-18(17)26-19)22-10-12-23(13-11-22)27(24,25)16-8-6-15(20)7-9-16/h2-9,14H,10-13H2,1H3. The molecule has 4 rings (SSSR count).